The fraction of sp³-hybridized carbons (Fsp3) is 0.706. The number of hydrogen-bond acceptors (Lipinski definition) is 4. The SMILES string of the molecule is CC(C)c1ncc(C(=O)N2CCC3(CCNCC3)CC2)cn1.Cl. The number of nitrogens with one attached hydrogen (secondary N) is 1. The Kier molecular flexibility index (Phi) is 5.98. The van der Waals surface area contributed by atoms with Crippen LogP contribution in [0, 0.1) is 5.41 Å². The number of carbonyl (C=O) groups excluding carboxylic acids is 1. The standard InChI is InChI=1S/C17H26N4O.ClH/c1-13(2)15-19-11-14(12-20-15)16(22)21-9-5-17(6-10-21)3-7-18-8-4-17;/h11-13,18H,3-10H2,1-2H3;1H. The van der Waals surface area contributed by atoms with Crippen LogP contribution in [0.1, 0.15) is 61.6 Å². The zero-order chi connectivity index (χ0) is 15.6. The molecule has 0 saturated carbocycles. The molecule has 1 aromatic heterocycles. The largest absolute Gasteiger partial charge is 0.339 e. The number of amides is 1. The molecule has 3 heterocycles. The van der Waals surface area contributed by atoms with E-state index in [4.69, 9.17) is 0 Å². The van der Waals surface area contributed by atoms with E-state index in [9.17, 15) is 4.79 Å². The van der Waals surface area contributed by atoms with Crippen molar-refractivity contribution in [3.63, 3.8) is 0 Å². The number of hydrogen-bond donors (Lipinski definition) is 1. The number of halogens is 1. The van der Waals surface area contributed by atoms with Crippen molar-refractivity contribution in [1.29, 1.82) is 0 Å². The maximum atomic E-state index is 12.6. The van der Waals surface area contributed by atoms with Gasteiger partial charge in [0.2, 0.25) is 0 Å². The zero-order valence-corrected chi connectivity index (χ0v) is 14.9. The second kappa shape index (κ2) is 7.58. The second-order valence-corrected chi connectivity index (χ2v) is 7.03. The van der Waals surface area contributed by atoms with E-state index >= 15 is 0 Å². The van der Waals surface area contributed by atoms with E-state index in [1.54, 1.807) is 12.4 Å². The Labute approximate surface area is 144 Å². The quantitative estimate of drug-likeness (QED) is 0.900. The molecule has 2 aliphatic heterocycles. The first-order valence-corrected chi connectivity index (χ1v) is 8.42. The molecule has 0 aromatic carbocycles. The normalized spacial score (nSPS) is 20.4. The van der Waals surface area contributed by atoms with Gasteiger partial charge in [-0.2, -0.15) is 0 Å². The average molecular weight is 339 g/mol. The van der Waals surface area contributed by atoms with Gasteiger partial charge in [-0.05, 0) is 44.2 Å². The first kappa shape index (κ1) is 18.1. The number of carbonyl (C=O) groups is 1. The molecule has 0 atom stereocenters. The highest BCUT2D eigenvalue weighted by Crippen LogP contribution is 2.39. The van der Waals surface area contributed by atoms with Gasteiger partial charge in [-0.1, -0.05) is 13.8 Å². The van der Waals surface area contributed by atoms with Crippen LogP contribution in [-0.4, -0.2) is 47.0 Å². The lowest BCUT2D eigenvalue weighted by atomic mass is 9.71. The van der Waals surface area contributed by atoms with Gasteiger partial charge in [-0.15, -0.1) is 12.4 Å². The fourth-order valence-electron chi connectivity index (χ4n) is 3.57. The van der Waals surface area contributed by atoms with Crippen LogP contribution in [-0.2, 0) is 0 Å². The third-order valence-corrected chi connectivity index (χ3v) is 5.21. The number of likely N-dealkylation sites (tertiary alicyclic amines) is 1. The van der Waals surface area contributed by atoms with Crippen LogP contribution in [0.25, 0.3) is 0 Å². The van der Waals surface area contributed by atoms with Crippen molar-refractivity contribution < 1.29 is 4.79 Å². The molecule has 1 spiro atoms. The summed E-state index contributed by atoms with van der Waals surface area (Å²) >= 11 is 0. The molecule has 0 radical (unpaired) electrons. The van der Waals surface area contributed by atoms with E-state index < -0.39 is 0 Å². The molecule has 2 aliphatic rings. The van der Waals surface area contributed by atoms with Crippen molar-refractivity contribution in [3.05, 3.63) is 23.8 Å². The molecule has 1 N–H and O–H groups in total. The van der Waals surface area contributed by atoms with Crippen molar-refractivity contribution in [3.8, 4) is 0 Å². The summed E-state index contributed by atoms with van der Waals surface area (Å²) in [5.74, 6) is 1.17. The lowest BCUT2D eigenvalue weighted by Crippen LogP contribution is -2.47. The minimum absolute atomic E-state index is 0. The molecular weight excluding hydrogens is 312 g/mol. The molecule has 3 rings (SSSR count). The Morgan fingerprint density at radius 2 is 1.70 bits per heavy atom. The number of piperidine rings is 2. The molecule has 5 nitrogen and oxygen atoms in total. The Morgan fingerprint density at radius 1 is 1.13 bits per heavy atom. The van der Waals surface area contributed by atoms with Crippen LogP contribution in [0.15, 0.2) is 12.4 Å². The minimum atomic E-state index is 0. The van der Waals surface area contributed by atoms with Crippen LogP contribution < -0.4 is 5.32 Å². The molecule has 0 unspecified atom stereocenters. The minimum Gasteiger partial charge on any atom is -0.339 e. The Hall–Kier alpha value is -1.20. The van der Waals surface area contributed by atoms with Gasteiger partial charge in [0.05, 0.1) is 5.56 Å². The van der Waals surface area contributed by atoms with E-state index in [0.29, 0.717) is 16.9 Å². The molecule has 1 amide bonds. The van der Waals surface area contributed by atoms with E-state index in [1.165, 1.54) is 12.8 Å². The summed E-state index contributed by atoms with van der Waals surface area (Å²) in [6.45, 7) is 8.09. The van der Waals surface area contributed by atoms with Gasteiger partial charge < -0.3 is 10.2 Å². The molecule has 1 aromatic rings. The van der Waals surface area contributed by atoms with Gasteiger partial charge >= 0.3 is 0 Å². The van der Waals surface area contributed by atoms with E-state index in [0.717, 1.165) is 44.8 Å². The number of nitrogens with zero attached hydrogens (tertiary/aromatic N) is 3. The highest BCUT2D eigenvalue weighted by molar-refractivity contribution is 5.93. The summed E-state index contributed by atoms with van der Waals surface area (Å²) in [6.07, 6.45) is 8.12. The maximum absolute atomic E-state index is 12.6. The second-order valence-electron chi connectivity index (χ2n) is 7.03. The monoisotopic (exact) mass is 338 g/mol. The van der Waals surface area contributed by atoms with Crippen LogP contribution >= 0.6 is 12.4 Å². The van der Waals surface area contributed by atoms with Gasteiger partial charge in [0, 0.05) is 31.4 Å². The molecule has 23 heavy (non-hydrogen) atoms. The van der Waals surface area contributed by atoms with Crippen molar-refractivity contribution in [1.82, 2.24) is 20.2 Å². The predicted octanol–water partition coefficient (Wildman–Crippen LogP) is 2.63. The van der Waals surface area contributed by atoms with Crippen LogP contribution in [0.3, 0.4) is 0 Å². The summed E-state index contributed by atoms with van der Waals surface area (Å²) in [5.41, 5.74) is 1.09. The van der Waals surface area contributed by atoms with Crippen LogP contribution in [0.5, 0.6) is 0 Å². The zero-order valence-electron chi connectivity index (χ0n) is 14.0. The van der Waals surface area contributed by atoms with E-state index in [1.807, 2.05) is 4.90 Å². The topological polar surface area (TPSA) is 58.1 Å². The highest BCUT2D eigenvalue weighted by atomic mass is 35.5. The molecular formula is C17H27ClN4O. The molecule has 2 fully saturated rings. The van der Waals surface area contributed by atoms with Gasteiger partial charge in [-0.25, -0.2) is 9.97 Å². The third-order valence-electron chi connectivity index (χ3n) is 5.21. The summed E-state index contributed by atoms with van der Waals surface area (Å²) in [5, 5.41) is 3.43. The molecule has 128 valence electrons. The van der Waals surface area contributed by atoms with Crippen molar-refractivity contribution >= 4 is 18.3 Å². The van der Waals surface area contributed by atoms with Crippen LogP contribution in [0.4, 0.5) is 0 Å². The first-order chi connectivity index (χ1) is 10.6. The van der Waals surface area contributed by atoms with Crippen molar-refractivity contribution in [2.24, 2.45) is 5.41 Å². The predicted molar refractivity (Wildman–Crippen MR) is 93.0 cm³/mol. The van der Waals surface area contributed by atoms with Gasteiger partial charge in [0.25, 0.3) is 5.91 Å². The lowest BCUT2D eigenvalue weighted by Gasteiger charge is -2.44. The third kappa shape index (κ3) is 4.01. The molecule has 0 bridgehead atoms. The van der Waals surface area contributed by atoms with E-state index in [2.05, 4.69) is 29.1 Å². The Balaban J connectivity index is 0.00000192. The van der Waals surface area contributed by atoms with Crippen LogP contribution in [0.2, 0.25) is 0 Å². The first-order valence-electron chi connectivity index (χ1n) is 8.42. The number of aromatic nitrogens is 2. The summed E-state index contributed by atoms with van der Waals surface area (Å²) < 4.78 is 0. The average Bonchev–Trinajstić information content (AvgIpc) is 2.56. The molecule has 2 saturated heterocycles. The number of rotatable bonds is 2. The lowest BCUT2D eigenvalue weighted by molar-refractivity contribution is 0.0495. The summed E-state index contributed by atoms with van der Waals surface area (Å²) in [4.78, 5) is 23.2. The molecule has 6 heteroatoms. The smallest absolute Gasteiger partial charge is 0.256 e. The summed E-state index contributed by atoms with van der Waals surface area (Å²) in [6, 6.07) is 0. The highest BCUT2D eigenvalue weighted by Gasteiger charge is 2.36. The van der Waals surface area contributed by atoms with Gasteiger partial charge in [-0.3, -0.25) is 4.79 Å². The Bertz CT molecular complexity index is 516. The molecule has 0 aliphatic carbocycles. The van der Waals surface area contributed by atoms with Gasteiger partial charge in [0.15, 0.2) is 0 Å². The summed E-state index contributed by atoms with van der Waals surface area (Å²) in [7, 11) is 0. The van der Waals surface area contributed by atoms with Gasteiger partial charge in [0.1, 0.15) is 5.82 Å². The Morgan fingerprint density at radius 3 is 2.22 bits per heavy atom. The maximum Gasteiger partial charge on any atom is 0.256 e. The fourth-order valence-corrected chi connectivity index (χ4v) is 3.57. The van der Waals surface area contributed by atoms with E-state index in [-0.39, 0.29) is 18.3 Å². The van der Waals surface area contributed by atoms with Crippen molar-refractivity contribution in [2.45, 2.75) is 45.4 Å². The van der Waals surface area contributed by atoms with Crippen molar-refractivity contribution in [2.75, 3.05) is 26.2 Å².